The van der Waals surface area contributed by atoms with Crippen LogP contribution in [0.25, 0.3) is 0 Å². The second-order valence-corrected chi connectivity index (χ2v) is 7.78. The quantitative estimate of drug-likeness (QED) is 0.739. The fourth-order valence-electron chi connectivity index (χ4n) is 3.80. The number of cyclic esters (lactones) is 1. The van der Waals surface area contributed by atoms with E-state index in [2.05, 4.69) is 10.6 Å². The number of carbonyl (C=O) groups excluding carboxylic acids is 3. The summed E-state index contributed by atoms with van der Waals surface area (Å²) in [5, 5.41) is 5.41. The van der Waals surface area contributed by atoms with Gasteiger partial charge in [0, 0.05) is 5.69 Å². The van der Waals surface area contributed by atoms with E-state index in [0.717, 1.165) is 16.7 Å². The number of halogens is 1. The molecule has 2 aliphatic heterocycles. The van der Waals surface area contributed by atoms with E-state index in [1.165, 1.54) is 11.0 Å². The van der Waals surface area contributed by atoms with Crippen molar-refractivity contribution >= 4 is 23.6 Å². The first-order valence-corrected chi connectivity index (χ1v) is 9.86. The molecule has 7 nitrogen and oxygen atoms in total. The van der Waals surface area contributed by atoms with Gasteiger partial charge in [-0.3, -0.25) is 9.69 Å². The number of anilines is 1. The molecule has 2 aromatic carbocycles. The van der Waals surface area contributed by atoms with Crippen LogP contribution in [0.1, 0.15) is 28.3 Å². The van der Waals surface area contributed by atoms with E-state index in [0.29, 0.717) is 16.8 Å². The highest BCUT2D eigenvalue weighted by Gasteiger charge is 2.43. The Bertz CT molecular complexity index is 1140. The molecule has 8 heteroatoms. The van der Waals surface area contributed by atoms with Crippen LogP contribution in [-0.2, 0) is 14.3 Å². The maximum Gasteiger partial charge on any atom is 0.338 e. The van der Waals surface area contributed by atoms with Crippen LogP contribution < -0.4 is 10.6 Å². The Morgan fingerprint density at radius 2 is 1.90 bits per heavy atom. The number of rotatable bonds is 4. The van der Waals surface area contributed by atoms with Gasteiger partial charge in [-0.2, -0.15) is 0 Å². The molecule has 2 N–H and O–H groups in total. The predicted octanol–water partition coefficient (Wildman–Crippen LogP) is 3.27. The summed E-state index contributed by atoms with van der Waals surface area (Å²) in [5.41, 5.74) is 4.16. The number of aryl methyl sites for hydroxylation is 3. The summed E-state index contributed by atoms with van der Waals surface area (Å²) in [6.45, 7) is 5.03. The molecule has 0 aromatic heterocycles. The standard InChI is InChI=1S/C23H22FN3O4/c1-12-4-5-13(2)16(8-12)21-20-18(11-31-22(20)29)27(23(30)26-21)10-19(28)25-15-7-6-14(3)17(24)9-15/h4-9,21H,10-11H2,1-3H3,(H,25,28)(H,26,30). The first-order valence-electron chi connectivity index (χ1n) is 9.86. The van der Waals surface area contributed by atoms with Gasteiger partial charge in [0.15, 0.2) is 0 Å². The normalized spacial score (nSPS) is 17.9. The molecule has 0 fully saturated rings. The van der Waals surface area contributed by atoms with Crippen molar-refractivity contribution in [3.63, 3.8) is 0 Å². The number of hydrogen-bond donors (Lipinski definition) is 2. The third kappa shape index (κ3) is 3.88. The molecule has 0 radical (unpaired) electrons. The molecular weight excluding hydrogens is 401 g/mol. The second-order valence-electron chi connectivity index (χ2n) is 7.78. The molecule has 160 valence electrons. The third-order valence-electron chi connectivity index (χ3n) is 5.50. The summed E-state index contributed by atoms with van der Waals surface area (Å²) in [4.78, 5) is 39.1. The zero-order valence-electron chi connectivity index (χ0n) is 17.4. The largest absolute Gasteiger partial charge is 0.456 e. The van der Waals surface area contributed by atoms with Crippen LogP contribution in [0.4, 0.5) is 14.9 Å². The van der Waals surface area contributed by atoms with Gasteiger partial charge in [0.1, 0.15) is 19.0 Å². The Kier molecular flexibility index (Phi) is 5.22. The van der Waals surface area contributed by atoms with Crippen molar-refractivity contribution in [3.8, 4) is 0 Å². The van der Waals surface area contributed by atoms with E-state index >= 15 is 0 Å². The number of nitrogens with zero attached hydrogens (tertiary/aromatic N) is 1. The van der Waals surface area contributed by atoms with Crippen molar-refractivity contribution in [1.82, 2.24) is 10.2 Å². The Morgan fingerprint density at radius 1 is 1.16 bits per heavy atom. The molecule has 1 atom stereocenters. The lowest BCUT2D eigenvalue weighted by Crippen LogP contribution is -2.49. The van der Waals surface area contributed by atoms with E-state index in [-0.39, 0.29) is 18.8 Å². The van der Waals surface area contributed by atoms with Crippen LogP contribution in [0, 0.1) is 26.6 Å². The Labute approximate surface area is 178 Å². The van der Waals surface area contributed by atoms with Gasteiger partial charge in [-0.25, -0.2) is 14.0 Å². The highest BCUT2D eigenvalue weighted by Crippen LogP contribution is 2.36. The molecule has 3 amide bonds. The van der Waals surface area contributed by atoms with Crippen molar-refractivity contribution in [1.29, 1.82) is 0 Å². The molecule has 4 rings (SSSR count). The molecule has 31 heavy (non-hydrogen) atoms. The number of esters is 1. The number of ether oxygens (including phenoxy) is 1. The number of urea groups is 1. The number of carbonyl (C=O) groups is 3. The fraction of sp³-hybridized carbons (Fsp3) is 0.261. The van der Waals surface area contributed by atoms with Crippen molar-refractivity contribution < 1.29 is 23.5 Å². The SMILES string of the molecule is Cc1ccc(C)c(C2NC(=O)N(CC(=O)Nc3ccc(C)c(F)c3)C3=C2C(=O)OC3)c1. The molecule has 0 bridgehead atoms. The van der Waals surface area contributed by atoms with Gasteiger partial charge < -0.3 is 15.4 Å². The summed E-state index contributed by atoms with van der Waals surface area (Å²) in [7, 11) is 0. The summed E-state index contributed by atoms with van der Waals surface area (Å²) >= 11 is 0. The van der Waals surface area contributed by atoms with Crippen molar-refractivity contribution in [2.24, 2.45) is 0 Å². The monoisotopic (exact) mass is 423 g/mol. The minimum absolute atomic E-state index is 0.0879. The number of nitrogens with one attached hydrogen (secondary N) is 2. The van der Waals surface area contributed by atoms with Crippen molar-refractivity contribution in [3.05, 3.63) is 75.7 Å². The molecule has 0 saturated heterocycles. The summed E-state index contributed by atoms with van der Waals surface area (Å²) in [5.74, 6) is -1.48. The molecule has 2 heterocycles. The van der Waals surface area contributed by atoms with E-state index in [1.807, 2.05) is 32.0 Å². The topological polar surface area (TPSA) is 87.7 Å². The lowest BCUT2D eigenvalue weighted by atomic mass is 9.91. The minimum atomic E-state index is -0.650. The van der Waals surface area contributed by atoms with Crippen LogP contribution in [0.15, 0.2) is 47.7 Å². The second kappa shape index (κ2) is 7.86. The van der Waals surface area contributed by atoms with Crippen LogP contribution in [0.3, 0.4) is 0 Å². The summed E-state index contributed by atoms with van der Waals surface area (Å²) in [6, 6.07) is 9.00. The molecule has 1 unspecified atom stereocenters. The van der Waals surface area contributed by atoms with Crippen molar-refractivity contribution in [2.75, 3.05) is 18.5 Å². The first kappa shape index (κ1) is 20.6. The van der Waals surface area contributed by atoms with Gasteiger partial charge in [-0.1, -0.05) is 29.8 Å². The van der Waals surface area contributed by atoms with Gasteiger partial charge >= 0.3 is 12.0 Å². The van der Waals surface area contributed by atoms with Crippen molar-refractivity contribution in [2.45, 2.75) is 26.8 Å². The predicted molar refractivity (Wildman–Crippen MR) is 112 cm³/mol. The first-order chi connectivity index (χ1) is 14.7. The van der Waals surface area contributed by atoms with E-state index < -0.39 is 29.8 Å². The Balaban J connectivity index is 1.61. The fourth-order valence-corrected chi connectivity index (χ4v) is 3.80. The molecule has 0 aliphatic carbocycles. The summed E-state index contributed by atoms with van der Waals surface area (Å²) < 4.78 is 18.9. The molecule has 2 aromatic rings. The molecule has 0 saturated carbocycles. The van der Waals surface area contributed by atoms with E-state index in [4.69, 9.17) is 4.74 Å². The number of amides is 3. The van der Waals surface area contributed by atoms with Crippen LogP contribution >= 0.6 is 0 Å². The Morgan fingerprint density at radius 3 is 2.65 bits per heavy atom. The van der Waals surface area contributed by atoms with E-state index in [9.17, 15) is 18.8 Å². The lowest BCUT2D eigenvalue weighted by molar-refractivity contribution is -0.136. The maximum absolute atomic E-state index is 13.7. The average molecular weight is 423 g/mol. The average Bonchev–Trinajstić information content (AvgIpc) is 3.10. The minimum Gasteiger partial charge on any atom is -0.456 e. The summed E-state index contributed by atoms with van der Waals surface area (Å²) in [6.07, 6.45) is 0. The molecular formula is C23H22FN3O4. The highest BCUT2D eigenvalue weighted by atomic mass is 19.1. The lowest BCUT2D eigenvalue weighted by Gasteiger charge is -2.33. The zero-order chi connectivity index (χ0) is 22.3. The van der Waals surface area contributed by atoms with Crippen LogP contribution in [0.5, 0.6) is 0 Å². The van der Waals surface area contributed by atoms with Gasteiger partial charge in [0.25, 0.3) is 0 Å². The van der Waals surface area contributed by atoms with E-state index in [1.54, 1.807) is 19.1 Å². The van der Waals surface area contributed by atoms with Gasteiger partial charge in [0.05, 0.1) is 17.3 Å². The van der Waals surface area contributed by atoms with Gasteiger partial charge in [-0.15, -0.1) is 0 Å². The Hall–Kier alpha value is -3.68. The number of benzene rings is 2. The van der Waals surface area contributed by atoms with Crippen LogP contribution in [-0.4, -0.2) is 36.0 Å². The number of hydrogen-bond acceptors (Lipinski definition) is 4. The zero-order valence-corrected chi connectivity index (χ0v) is 17.4. The highest BCUT2D eigenvalue weighted by molar-refractivity contribution is 6.00. The smallest absolute Gasteiger partial charge is 0.338 e. The third-order valence-corrected chi connectivity index (χ3v) is 5.50. The van der Waals surface area contributed by atoms with Gasteiger partial charge in [0.2, 0.25) is 5.91 Å². The van der Waals surface area contributed by atoms with Crippen LogP contribution in [0.2, 0.25) is 0 Å². The molecule has 0 spiro atoms. The maximum atomic E-state index is 13.7. The van der Waals surface area contributed by atoms with Gasteiger partial charge in [-0.05, 0) is 49.6 Å². The molecule has 2 aliphatic rings.